The fourth-order valence-electron chi connectivity index (χ4n) is 2.28. The summed E-state index contributed by atoms with van der Waals surface area (Å²) in [5.41, 5.74) is 1.82. The molecule has 1 aromatic carbocycles. The highest BCUT2D eigenvalue weighted by atomic mass is 16.4. The number of aromatic nitrogens is 1. The normalized spacial score (nSPS) is 16.0. The number of nitrogens with one attached hydrogen (secondary N) is 1. The molecule has 0 spiro atoms. The number of rotatable bonds is 3. The fourth-order valence-corrected chi connectivity index (χ4v) is 2.28. The number of benzene rings is 1. The van der Waals surface area contributed by atoms with E-state index in [4.69, 9.17) is 5.11 Å². The van der Waals surface area contributed by atoms with Crippen molar-refractivity contribution in [1.29, 1.82) is 0 Å². The maximum atomic E-state index is 11.9. The van der Waals surface area contributed by atoms with Crippen molar-refractivity contribution in [2.24, 2.45) is 0 Å². The largest absolute Gasteiger partial charge is 0.478 e. The predicted octanol–water partition coefficient (Wildman–Crippen LogP) is 1.70. The molecule has 0 atom stereocenters. The molecule has 7 heteroatoms. The Hall–Kier alpha value is -3.35. The smallest absolute Gasteiger partial charge is 0.335 e. The maximum Gasteiger partial charge on any atom is 0.335 e. The van der Waals surface area contributed by atoms with Crippen molar-refractivity contribution in [3.05, 3.63) is 59.5 Å². The number of hydrogen-bond donors (Lipinski definition) is 2. The summed E-state index contributed by atoms with van der Waals surface area (Å²) in [6.07, 6.45) is 3.36. The van der Waals surface area contributed by atoms with Crippen LogP contribution in [0.3, 0.4) is 0 Å². The first kappa shape index (κ1) is 14.6. The Bertz CT molecular complexity index is 833. The molecule has 0 aliphatic carbocycles. The molecule has 0 radical (unpaired) electrons. The van der Waals surface area contributed by atoms with Gasteiger partial charge in [0, 0.05) is 24.6 Å². The van der Waals surface area contributed by atoms with Crippen molar-refractivity contribution in [2.45, 2.75) is 0 Å². The molecule has 1 saturated heterocycles. The van der Waals surface area contributed by atoms with E-state index in [1.165, 1.54) is 19.2 Å². The first-order chi connectivity index (χ1) is 11.0. The Morgan fingerprint density at radius 1 is 1.17 bits per heavy atom. The van der Waals surface area contributed by atoms with E-state index < -0.39 is 17.9 Å². The van der Waals surface area contributed by atoms with Crippen LogP contribution < -0.4 is 5.32 Å². The van der Waals surface area contributed by atoms with E-state index in [-0.39, 0.29) is 11.3 Å². The van der Waals surface area contributed by atoms with Crippen LogP contribution in [0.15, 0.2) is 48.3 Å². The Balaban J connectivity index is 1.96. The van der Waals surface area contributed by atoms with Crippen LogP contribution in [-0.4, -0.2) is 39.5 Å². The number of carbonyl (C=O) groups excluding carboxylic acids is 2. The summed E-state index contributed by atoms with van der Waals surface area (Å²) in [7, 11) is 1.40. The van der Waals surface area contributed by atoms with Gasteiger partial charge in [0.25, 0.3) is 5.91 Å². The van der Waals surface area contributed by atoms with Crippen LogP contribution in [-0.2, 0) is 4.79 Å². The predicted molar refractivity (Wildman–Crippen MR) is 82.0 cm³/mol. The Labute approximate surface area is 131 Å². The van der Waals surface area contributed by atoms with Gasteiger partial charge in [0.15, 0.2) is 0 Å². The summed E-state index contributed by atoms with van der Waals surface area (Å²) >= 11 is 0. The number of hydrogen-bond acceptors (Lipinski definition) is 3. The van der Waals surface area contributed by atoms with Gasteiger partial charge in [0.2, 0.25) is 0 Å². The second-order valence-corrected chi connectivity index (χ2v) is 5.01. The molecule has 2 aromatic rings. The third-order valence-electron chi connectivity index (χ3n) is 3.55. The van der Waals surface area contributed by atoms with Crippen LogP contribution in [0.25, 0.3) is 11.8 Å². The maximum absolute atomic E-state index is 11.9. The van der Waals surface area contributed by atoms with Gasteiger partial charge in [-0.25, -0.2) is 9.59 Å². The molecular weight excluding hydrogens is 298 g/mol. The van der Waals surface area contributed by atoms with Crippen LogP contribution >= 0.6 is 0 Å². The second kappa shape index (κ2) is 5.45. The summed E-state index contributed by atoms with van der Waals surface area (Å²) in [6, 6.07) is 9.47. The van der Waals surface area contributed by atoms with Crippen molar-refractivity contribution in [3.8, 4) is 5.69 Å². The highest BCUT2D eigenvalue weighted by Crippen LogP contribution is 2.18. The SMILES string of the molecule is CN1C(=O)NC(=Cc2cccn2-c2ccc(C(=O)O)cc2)C1=O. The van der Waals surface area contributed by atoms with E-state index in [2.05, 4.69) is 5.32 Å². The zero-order chi connectivity index (χ0) is 16.6. The molecule has 1 fully saturated rings. The van der Waals surface area contributed by atoms with Gasteiger partial charge in [0.05, 0.1) is 5.56 Å². The number of likely N-dealkylation sites (N-methyl/N-ethyl adjacent to an activating group) is 1. The van der Waals surface area contributed by atoms with Crippen LogP contribution in [0.4, 0.5) is 4.79 Å². The third kappa shape index (κ3) is 2.59. The van der Waals surface area contributed by atoms with E-state index in [0.717, 1.165) is 10.6 Å². The van der Waals surface area contributed by atoms with E-state index in [1.54, 1.807) is 41.1 Å². The first-order valence-electron chi connectivity index (χ1n) is 6.79. The first-order valence-corrected chi connectivity index (χ1v) is 6.79. The molecule has 1 aliphatic heterocycles. The van der Waals surface area contributed by atoms with Crippen LogP contribution in [0.1, 0.15) is 16.1 Å². The minimum atomic E-state index is -0.992. The van der Waals surface area contributed by atoms with Gasteiger partial charge in [-0.15, -0.1) is 0 Å². The van der Waals surface area contributed by atoms with Crippen molar-refractivity contribution < 1.29 is 19.5 Å². The number of nitrogens with zero attached hydrogens (tertiary/aromatic N) is 2. The van der Waals surface area contributed by atoms with Crippen molar-refractivity contribution in [3.63, 3.8) is 0 Å². The highest BCUT2D eigenvalue weighted by Gasteiger charge is 2.30. The molecule has 7 nitrogen and oxygen atoms in total. The molecular formula is C16H13N3O4. The molecule has 0 bridgehead atoms. The molecule has 116 valence electrons. The van der Waals surface area contributed by atoms with E-state index in [0.29, 0.717) is 5.69 Å². The van der Waals surface area contributed by atoms with Gasteiger partial charge in [-0.2, -0.15) is 0 Å². The van der Waals surface area contributed by atoms with E-state index >= 15 is 0 Å². The molecule has 3 rings (SSSR count). The van der Waals surface area contributed by atoms with Crippen LogP contribution in [0.5, 0.6) is 0 Å². The Morgan fingerprint density at radius 3 is 2.43 bits per heavy atom. The van der Waals surface area contributed by atoms with Crippen LogP contribution in [0.2, 0.25) is 0 Å². The zero-order valence-electron chi connectivity index (χ0n) is 12.2. The molecule has 3 amide bonds. The standard InChI is InChI=1S/C16H13N3O4/c1-18-14(20)13(17-16(18)23)9-12-3-2-8-19(12)11-6-4-10(5-7-11)15(21)22/h2-9H,1H3,(H,17,23)(H,21,22). The number of urea groups is 1. The zero-order valence-corrected chi connectivity index (χ0v) is 12.2. The number of carboxylic acids is 1. The minimum Gasteiger partial charge on any atom is -0.478 e. The number of imide groups is 1. The molecule has 1 aliphatic rings. The lowest BCUT2D eigenvalue weighted by Gasteiger charge is -2.07. The van der Waals surface area contributed by atoms with Gasteiger partial charge in [-0.1, -0.05) is 0 Å². The molecule has 2 N–H and O–H groups in total. The quantitative estimate of drug-likeness (QED) is 0.666. The average molecular weight is 311 g/mol. The van der Waals surface area contributed by atoms with Gasteiger partial charge in [0.1, 0.15) is 5.70 Å². The average Bonchev–Trinajstić information content (AvgIpc) is 3.09. The lowest BCUT2D eigenvalue weighted by Crippen LogP contribution is -2.25. The van der Waals surface area contributed by atoms with E-state index in [1.807, 2.05) is 0 Å². The molecule has 0 saturated carbocycles. The number of carbonyl (C=O) groups is 3. The van der Waals surface area contributed by atoms with Gasteiger partial charge in [-0.05, 0) is 42.5 Å². The minimum absolute atomic E-state index is 0.194. The summed E-state index contributed by atoms with van der Waals surface area (Å²) in [5, 5.41) is 11.4. The highest BCUT2D eigenvalue weighted by molar-refractivity contribution is 6.13. The van der Waals surface area contributed by atoms with Gasteiger partial charge in [-0.3, -0.25) is 9.69 Å². The lowest BCUT2D eigenvalue weighted by molar-refractivity contribution is -0.121. The van der Waals surface area contributed by atoms with Crippen molar-refractivity contribution in [1.82, 2.24) is 14.8 Å². The molecule has 2 heterocycles. The van der Waals surface area contributed by atoms with Crippen molar-refractivity contribution in [2.75, 3.05) is 7.05 Å². The lowest BCUT2D eigenvalue weighted by atomic mass is 10.2. The van der Waals surface area contributed by atoms with Gasteiger partial charge < -0.3 is 15.0 Å². The Kier molecular flexibility index (Phi) is 3.46. The second-order valence-electron chi connectivity index (χ2n) is 5.01. The number of amides is 3. The van der Waals surface area contributed by atoms with Crippen molar-refractivity contribution >= 4 is 24.0 Å². The Morgan fingerprint density at radius 2 is 1.87 bits per heavy atom. The number of aromatic carboxylic acids is 1. The summed E-state index contributed by atoms with van der Waals surface area (Å²) in [5.74, 6) is -1.39. The number of carboxylic acid groups (broad SMARTS) is 1. The summed E-state index contributed by atoms with van der Waals surface area (Å²) in [4.78, 5) is 35.3. The molecule has 0 unspecified atom stereocenters. The van der Waals surface area contributed by atoms with Gasteiger partial charge >= 0.3 is 12.0 Å². The van der Waals surface area contributed by atoms with E-state index in [9.17, 15) is 14.4 Å². The fraction of sp³-hybridized carbons (Fsp3) is 0.0625. The summed E-state index contributed by atoms with van der Waals surface area (Å²) in [6.45, 7) is 0. The van der Waals surface area contributed by atoms with Crippen LogP contribution in [0, 0.1) is 0 Å². The topological polar surface area (TPSA) is 91.6 Å². The summed E-state index contributed by atoms with van der Waals surface area (Å²) < 4.78 is 1.79. The monoisotopic (exact) mass is 311 g/mol. The molecule has 1 aromatic heterocycles. The third-order valence-corrected chi connectivity index (χ3v) is 3.55. The molecule has 23 heavy (non-hydrogen) atoms.